The monoisotopic (exact) mass is 445 g/mol. The fourth-order valence-electron chi connectivity index (χ4n) is 4.33. The van der Waals surface area contributed by atoms with Gasteiger partial charge in [-0.3, -0.25) is 15.0 Å². The maximum atomic E-state index is 14.4. The van der Waals surface area contributed by atoms with E-state index in [4.69, 9.17) is 0 Å². The van der Waals surface area contributed by atoms with Gasteiger partial charge in [-0.15, -0.1) is 0 Å². The molecule has 0 bridgehead atoms. The van der Waals surface area contributed by atoms with Gasteiger partial charge in [-0.05, 0) is 42.0 Å². The highest BCUT2D eigenvalue weighted by Crippen LogP contribution is 2.31. The van der Waals surface area contributed by atoms with E-state index in [0.717, 1.165) is 55.2 Å². The molecule has 33 heavy (non-hydrogen) atoms. The Hall–Kier alpha value is -3.58. The maximum Gasteiger partial charge on any atom is 0.132 e. The third-order valence-electron chi connectivity index (χ3n) is 6.12. The van der Waals surface area contributed by atoms with Crippen molar-refractivity contribution >= 4 is 5.69 Å². The number of H-pyrrole nitrogens is 1. The van der Waals surface area contributed by atoms with E-state index < -0.39 is 0 Å². The highest BCUT2D eigenvalue weighted by atomic mass is 19.1. The van der Waals surface area contributed by atoms with Gasteiger partial charge in [0.1, 0.15) is 11.6 Å². The van der Waals surface area contributed by atoms with Crippen molar-refractivity contribution in [3.63, 3.8) is 0 Å². The Kier molecular flexibility index (Phi) is 6.13. The summed E-state index contributed by atoms with van der Waals surface area (Å²) in [5.74, 6) is -0.488. The molecule has 0 aliphatic carbocycles. The number of nitrogens with zero attached hydrogens (tertiary/aromatic N) is 4. The van der Waals surface area contributed by atoms with E-state index in [0.29, 0.717) is 17.7 Å². The Morgan fingerprint density at radius 2 is 1.67 bits per heavy atom. The van der Waals surface area contributed by atoms with Gasteiger partial charge >= 0.3 is 0 Å². The van der Waals surface area contributed by atoms with Crippen LogP contribution in [0, 0.1) is 11.6 Å². The molecule has 0 spiro atoms. The summed E-state index contributed by atoms with van der Waals surface area (Å²) in [6.45, 7) is 4.23. The molecular weight excluding hydrogens is 420 g/mol. The second-order valence-corrected chi connectivity index (χ2v) is 8.29. The van der Waals surface area contributed by atoms with E-state index in [1.165, 1.54) is 18.2 Å². The van der Waals surface area contributed by atoms with E-state index >= 15 is 0 Å². The first kappa shape index (κ1) is 21.3. The SMILES string of the molecule is Fc1ccc(Cc2[nH]ncc2CN2CCN(c3cccnc3-c3ccccc3F)CC2)cc1. The molecule has 0 atom stereocenters. The third-order valence-corrected chi connectivity index (χ3v) is 6.12. The normalized spacial score (nSPS) is 14.5. The molecule has 1 aliphatic heterocycles. The molecular formula is C26H25F2N5. The molecule has 0 unspecified atom stereocenters. The second kappa shape index (κ2) is 9.50. The van der Waals surface area contributed by atoms with Gasteiger partial charge in [-0.1, -0.05) is 24.3 Å². The van der Waals surface area contributed by atoms with Gasteiger partial charge in [0.15, 0.2) is 0 Å². The summed E-state index contributed by atoms with van der Waals surface area (Å²) in [4.78, 5) is 9.17. The quantitative estimate of drug-likeness (QED) is 0.469. The number of nitrogens with one attached hydrogen (secondary N) is 1. The van der Waals surface area contributed by atoms with E-state index in [-0.39, 0.29) is 11.6 Å². The molecule has 5 nitrogen and oxygen atoms in total. The van der Waals surface area contributed by atoms with Crippen molar-refractivity contribution in [2.75, 3.05) is 31.1 Å². The van der Waals surface area contributed by atoms with Gasteiger partial charge < -0.3 is 4.90 Å². The molecule has 0 amide bonds. The van der Waals surface area contributed by atoms with Crippen molar-refractivity contribution in [3.8, 4) is 11.3 Å². The van der Waals surface area contributed by atoms with Crippen LogP contribution in [-0.2, 0) is 13.0 Å². The van der Waals surface area contributed by atoms with Crippen molar-refractivity contribution in [2.24, 2.45) is 0 Å². The number of aromatic nitrogens is 3. The van der Waals surface area contributed by atoms with Gasteiger partial charge in [0, 0.05) is 62.2 Å². The predicted molar refractivity (Wildman–Crippen MR) is 125 cm³/mol. The number of piperazine rings is 1. The first-order valence-corrected chi connectivity index (χ1v) is 11.1. The second-order valence-electron chi connectivity index (χ2n) is 8.29. The zero-order valence-corrected chi connectivity index (χ0v) is 18.2. The fourth-order valence-corrected chi connectivity index (χ4v) is 4.33. The number of hydrogen-bond donors (Lipinski definition) is 1. The Morgan fingerprint density at radius 3 is 2.45 bits per heavy atom. The zero-order valence-electron chi connectivity index (χ0n) is 18.2. The number of aromatic amines is 1. The highest BCUT2D eigenvalue weighted by molar-refractivity contribution is 5.75. The van der Waals surface area contributed by atoms with E-state index in [2.05, 4.69) is 25.0 Å². The van der Waals surface area contributed by atoms with Crippen LogP contribution in [0.2, 0.25) is 0 Å². The number of benzene rings is 2. The Bertz CT molecular complexity index is 1210. The van der Waals surface area contributed by atoms with Gasteiger partial charge in [0.05, 0.1) is 17.6 Å². The number of pyridine rings is 1. The molecule has 4 aromatic rings. The number of hydrogen-bond acceptors (Lipinski definition) is 4. The third kappa shape index (κ3) is 4.78. The lowest BCUT2D eigenvalue weighted by atomic mass is 10.1. The lowest BCUT2D eigenvalue weighted by molar-refractivity contribution is 0.249. The lowest BCUT2D eigenvalue weighted by Crippen LogP contribution is -2.46. The summed E-state index contributed by atoms with van der Waals surface area (Å²) >= 11 is 0. The van der Waals surface area contributed by atoms with Gasteiger partial charge in [-0.2, -0.15) is 5.10 Å². The number of halogens is 2. The van der Waals surface area contributed by atoms with Crippen LogP contribution in [0.3, 0.4) is 0 Å². The summed E-state index contributed by atoms with van der Waals surface area (Å²) in [6, 6.07) is 17.3. The molecule has 5 rings (SSSR count). The van der Waals surface area contributed by atoms with Crippen molar-refractivity contribution in [3.05, 3.63) is 102 Å². The molecule has 1 N–H and O–H groups in total. The van der Waals surface area contributed by atoms with Crippen LogP contribution in [-0.4, -0.2) is 46.3 Å². The zero-order chi connectivity index (χ0) is 22.6. The van der Waals surface area contributed by atoms with E-state index in [1.807, 2.05) is 24.4 Å². The molecule has 0 saturated carbocycles. The van der Waals surface area contributed by atoms with Crippen LogP contribution in [0.15, 0.2) is 73.1 Å². The molecule has 2 aromatic carbocycles. The molecule has 7 heteroatoms. The van der Waals surface area contributed by atoms with Gasteiger partial charge in [-0.25, -0.2) is 8.78 Å². The number of rotatable bonds is 6. The van der Waals surface area contributed by atoms with Crippen LogP contribution in [0.5, 0.6) is 0 Å². The Morgan fingerprint density at radius 1 is 0.879 bits per heavy atom. The first-order chi connectivity index (χ1) is 16.2. The van der Waals surface area contributed by atoms with Crippen molar-refractivity contribution in [1.29, 1.82) is 0 Å². The summed E-state index contributed by atoms with van der Waals surface area (Å²) in [6.07, 6.45) is 4.28. The summed E-state index contributed by atoms with van der Waals surface area (Å²) in [7, 11) is 0. The van der Waals surface area contributed by atoms with Crippen molar-refractivity contribution in [2.45, 2.75) is 13.0 Å². The molecule has 3 heterocycles. The molecule has 0 radical (unpaired) electrons. The molecule has 2 aromatic heterocycles. The first-order valence-electron chi connectivity index (χ1n) is 11.1. The van der Waals surface area contributed by atoms with Gasteiger partial charge in [0.25, 0.3) is 0 Å². The molecule has 1 saturated heterocycles. The maximum absolute atomic E-state index is 14.4. The predicted octanol–water partition coefficient (Wildman–Crippen LogP) is 4.66. The highest BCUT2D eigenvalue weighted by Gasteiger charge is 2.22. The van der Waals surface area contributed by atoms with Crippen LogP contribution < -0.4 is 4.90 Å². The van der Waals surface area contributed by atoms with E-state index in [9.17, 15) is 8.78 Å². The number of anilines is 1. The summed E-state index contributed by atoms with van der Waals surface area (Å²) < 4.78 is 27.6. The van der Waals surface area contributed by atoms with E-state index in [1.54, 1.807) is 30.5 Å². The Balaban J connectivity index is 1.25. The van der Waals surface area contributed by atoms with Crippen LogP contribution >= 0.6 is 0 Å². The average molecular weight is 446 g/mol. The molecule has 1 fully saturated rings. The smallest absolute Gasteiger partial charge is 0.132 e. The summed E-state index contributed by atoms with van der Waals surface area (Å²) in [5.41, 5.74) is 5.42. The average Bonchev–Trinajstić information content (AvgIpc) is 3.28. The van der Waals surface area contributed by atoms with Gasteiger partial charge in [0.2, 0.25) is 0 Å². The topological polar surface area (TPSA) is 48.1 Å². The van der Waals surface area contributed by atoms with Crippen molar-refractivity contribution in [1.82, 2.24) is 20.1 Å². The van der Waals surface area contributed by atoms with Crippen LogP contribution in [0.1, 0.15) is 16.8 Å². The van der Waals surface area contributed by atoms with Crippen molar-refractivity contribution < 1.29 is 8.78 Å². The van der Waals surface area contributed by atoms with Crippen LogP contribution in [0.4, 0.5) is 14.5 Å². The molecule has 168 valence electrons. The Labute approximate surface area is 191 Å². The largest absolute Gasteiger partial charge is 0.367 e. The molecule has 1 aliphatic rings. The standard InChI is InChI=1S/C26H25F2N5/c27-21-9-7-19(8-10-21)16-24-20(17-30-31-24)18-32-12-14-33(15-13-32)25-6-3-11-29-26(25)22-4-1-2-5-23(22)28/h1-11,17H,12-16,18H2,(H,30,31). The minimum absolute atomic E-state index is 0.228. The minimum Gasteiger partial charge on any atom is -0.367 e. The lowest BCUT2D eigenvalue weighted by Gasteiger charge is -2.36. The fraction of sp³-hybridized carbons (Fsp3) is 0.231. The summed E-state index contributed by atoms with van der Waals surface area (Å²) in [5, 5.41) is 7.34. The minimum atomic E-state index is -0.260. The van der Waals surface area contributed by atoms with Crippen LogP contribution in [0.25, 0.3) is 11.3 Å².